The molecule has 5 atom stereocenters. The Morgan fingerprint density at radius 2 is 1.48 bits per heavy atom. The molecule has 1 saturated heterocycles. The molecular formula is C22H25NO9S. The Balaban J connectivity index is 2.07. The van der Waals surface area contributed by atoms with Crippen LogP contribution in [-0.4, -0.2) is 76.8 Å². The molecule has 2 aliphatic rings. The van der Waals surface area contributed by atoms with Crippen LogP contribution < -0.4 is 0 Å². The zero-order chi connectivity index (χ0) is 24.3. The first-order valence-electron chi connectivity index (χ1n) is 10.4. The van der Waals surface area contributed by atoms with Crippen LogP contribution in [0.15, 0.2) is 24.3 Å². The first kappa shape index (κ1) is 24.7. The van der Waals surface area contributed by atoms with Crippen LogP contribution in [0.4, 0.5) is 0 Å². The molecule has 3 rings (SSSR count). The number of hydrogen-bond donors (Lipinski definition) is 0. The van der Waals surface area contributed by atoms with Crippen LogP contribution >= 0.6 is 11.8 Å². The fourth-order valence-corrected chi connectivity index (χ4v) is 4.96. The van der Waals surface area contributed by atoms with Gasteiger partial charge in [0, 0.05) is 20.8 Å². The van der Waals surface area contributed by atoms with Gasteiger partial charge in [-0.15, -0.1) is 11.8 Å². The van der Waals surface area contributed by atoms with Gasteiger partial charge in [-0.1, -0.05) is 19.1 Å². The fourth-order valence-electron chi connectivity index (χ4n) is 3.94. The Labute approximate surface area is 194 Å². The lowest BCUT2D eigenvalue weighted by atomic mass is 9.96. The highest BCUT2D eigenvalue weighted by atomic mass is 32.2. The second-order valence-electron chi connectivity index (χ2n) is 7.47. The van der Waals surface area contributed by atoms with Crippen molar-refractivity contribution >= 4 is 41.5 Å². The number of fused-ring (bicyclic) bond motifs is 1. The summed E-state index contributed by atoms with van der Waals surface area (Å²) in [4.78, 5) is 62.8. The van der Waals surface area contributed by atoms with E-state index >= 15 is 0 Å². The summed E-state index contributed by atoms with van der Waals surface area (Å²) < 4.78 is 22.1. The van der Waals surface area contributed by atoms with Gasteiger partial charge in [0.2, 0.25) is 0 Å². The summed E-state index contributed by atoms with van der Waals surface area (Å²) >= 11 is 1.28. The number of ether oxygens (including phenoxy) is 4. The molecule has 0 N–H and O–H groups in total. The maximum absolute atomic E-state index is 13.2. The Kier molecular flexibility index (Phi) is 7.75. The van der Waals surface area contributed by atoms with Gasteiger partial charge in [0.05, 0.1) is 11.1 Å². The molecule has 0 aliphatic carbocycles. The Hall–Kier alpha value is -2.92. The predicted molar refractivity (Wildman–Crippen MR) is 115 cm³/mol. The summed E-state index contributed by atoms with van der Waals surface area (Å²) in [7, 11) is 0. The fraction of sp³-hybridized carbons (Fsp3) is 0.500. The van der Waals surface area contributed by atoms with E-state index in [1.54, 1.807) is 12.1 Å². The van der Waals surface area contributed by atoms with Crippen molar-refractivity contribution in [3.63, 3.8) is 0 Å². The zero-order valence-corrected chi connectivity index (χ0v) is 19.5. The number of benzene rings is 1. The number of rotatable bonds is 7. The second-order valence-corrected chi connectivity index (χ2v) is 8.84. The van der Waals surface area contributed by atoms with Crippen LogP contribution in [-0.2, 0) is 33.3 Å². The first-order valence-corrected chi connectivity index (χ1v) is 11.4. The largest absolute Gasteiger partial charge is 0.463 e. The van der Waals surface area contributed by atoms with E-state index < -0.39 is 59.5 Å². The molecule has 0 unspecified atom stereocenters. The first-order chi connectivity index (χ1) is 15.6. The van der Waals surface area contributed by atoms with E-state index in [0.717, 1.165) is 11.8 Å². The number of thioether (sulfide) groups is 1. The summed E-state index contributed by atoms with van der Waals surface area (Å²) in [6.07, 6.45) is -3.46. The van der Waals surface area contributed by atoms with Crippen LogP contribution in [0, 0.1) is 0 Å². The summed E-state index contributed by atoms with van der Waals surface area (Å²) in [6.45, 7) is 5.13. The summed E-state index contributed by atoms with van der Waals surface area (Å²) in [5, 5.41) is 0. The maximum atomic E-state index is 13.2. The minimum Gasteiger partial charge on any atom is -0.463 e. The van der Waals surface area contributed by atoms with E-state index in [1.807, 2.05) is 6.92 Å². The lowest BCUT2D eigenvalue weighted by Crippen LogP contribution is -2.66. The predicted octanol–water partition coefficient (Wildman–Crippen LogP) is 1.56. The van der Waals surface area contributed by atoms with Gasteiger partial charge in [0.15, 0.2) is 12.2 Å². The van der Waals surface area contributed by atoms with E-state index in [2.05, 4.69) is 0 Å². The van der Waals surface area contributed by atoms with E-state index in [1.165, 1.54) is 37.7 Å². The van der Waals surface area contributed by atoms with Crippen molar-refractivity contribution in [1.82, 2.24) is 4.90 Å². The van der Waals surface area contributed by atoms with Crippen LogP contribution in [0.1, 0.15) is 48.4 Å². The molecule has 0 bridgehead atoms. The average Bonchev–Trinajstić information content (AvgIpc) is 2.99. The number of carbonyl (C=O) groups is 5. The van der Waals surface area contributed by atoms with Crippen LogP contribution in [0.3, 0.4) is 0 Å². The molecular weight excluding hydrogens is 454 g/mol. The molecule has 1 aromatic rings. The van der Waals surface area contributed by atoms with E-state index in [9.17, 15) is 24.0 Å². The molecule has 33 heavy (non-hydrogen) atoms. The summed E-state index contributed by atoms with van der Waals surface area (Å²) in [6, 6.07) is 5.27. The number of hydrogen-bond acceptors (Lipinski definition) is 10. The minimum absolute atomic E-state index is 0.218. The van der Waals surface area contributed by atoms with Crippen LogP contribution in [0.2, 0.25) is 0 Å². The maximum Gasteiger partial charge on any atom is 0.303 e. The van der Waals surface area contributed by atoms with Gasteiger partial charge in [-0.05, 0) is 17.9 Å². The van der Waals surface area contributed by atoms with Crippen molar-refractivity contribution in [1.29, 1.82) is 0 Å². The quantitative estimate of drug-likeness (QED) is 0.323. The van der Waals surface area contributed by atoms with Gasteiger partial charge >= 0.3 is 17.9 Å². The lowest BCUT2D eigenvalue weighted by molar-refractivity contribution is -0.216. The van der Waals surface area contributed by atoms with Crippen molar-refractivity contribution in [2.75, 3.05) is 12.4 Å². The van der Waals surface area contributed by atoms with Crippen molar-refractivity contribution in [2.45, 2.75) is 57.5 Å². The average molecular weight is 480 g/mol. The molecule has 1 fully saturated rings. The van der Waals surface area contributed by atoms with Crippen molar-refractivity contribution in [3.05, 3.63) is 35.4 Å². The molecule has 11 heteroatoms. The highest BCUT2D eigenvalue weighted by molar-refractivity contribution is 7.99. The number of esters is 3. The topological polar surface area (TPSA) is 126 Å². The molecule has 2 heterocycles. The van der Waals surface area contributed by atoms with Gasteiger partial charge in [-0.25, -0.2) is 0 Å². The van der Waals surface area contributed by atoms with Crippen LogP contribution in [0.25, 0.3) is 0 Å². The van der Waals surface area contributed by atoms with Gasteiger partial charge in [-0.3, -0.25) is 28.9 Å². The second kappa shape index (κ2) is 10.3. The number of nitrogens with zero attached hydrogens (tertiary/aromatic N) is 1. The highest BCUT2D eigenvalue weighted by Crippen LogP contribution is 2.38. The van der Waals surface area contributed by atoms with Crippen LogP contribution in [0.5, 0.6) is 0 Å². The SMILES string of the molecule is CCS[C@@H]1O[C@H](COC(C)=O)[C@H](OC(C)=O)[C@H](OC(C)=O)[C@H]1N1C(=O)c2ccccc2C1=O. The molecule has 2 aliphatic heterocycles. The van der Waals surface area contributed by atoms with Crippen molar-refractivity contribution in [2.24, 2.45) is 0 Å². The third kappa shape index (κ3) is 5.19. The lowest BCUT2D eigenvalue weighted by Gasteiger charge is -2.47. The standard InChI is InChI=1S/C22H25NO9S/c1-5-33-22-17(23-20(27)14-8-6-7-9-15(14)21(23)28)19(31-13(4)26)18(30-12(3)25)16(32-22)10-29-11(2)24/h6-9,16-19,22H,5,10H2,1-4H3/t16-,17-,18+,19-,22+/m1/s1. The number of amides is 2. The van der Waals surface area contributed by atoms with Gasteiger partial charge < -0.3 is 18.9 Å². The molecule has 1 aromatic carbocycles. The molecule has 178 valence electrons. The monoisotopic (exact) mass is 479 g/mol. The van der Waals surface area contributed by atoms with Gasteiger partial charge in [0.1, 0.15) is 24.2 Å². The van der Waals surface area contributed by atoms with Gasteiger partial charge in [0.25, 0.3) is 11.8 Å². The van der Waals surface area contributed by atoms with E-state index in [-0.39, 0.29) is 17.7 Å². The minimum atomic E-state index is -1.24. The molecule has 2 amide bonds. The normalized spacial score (nSPS) is 26.5. The summed E-state index contributed by atoms with van der Waals surface area (Å²) in [5.41, 5.74) is -0.403. The smallest absolute Gasteiger partial charge is 0.303 e. The highest BCUT2D eigenvalue weighted by Gasteiger charge is 2.56. The molecule has 0 aromatic heterocycles. The number of imide groups is 1. The number of carbonyl (C=O) groups excluding carboxylic acids is 5. The molecule has 0 spiro atoms. The third-order valence-electron chi connectivity index (χ3n) is 5.12. The Bertz CT molecular complexity index is 930. The van der Waals surface area contributed by atoms with Crippen molar-refractivity contribution < 1.29 is 42.9 Å². The van der Waals surface area contributed by atoms with E-state index in [0.29, 0.717) is 5.75 Å². The summed E-state index contributed by atoms with van der Waals surface area (Å²) in [5.74, 6) is -2.57. The Morgan fingerprint density at radius 3 is 1.97 bits per heavy atom. The Morgan fingerprint density at radius 1 is 0.939 bits per heavy atom. The zero-order valence-electron chi connectivity index (χ0n) is 18.6. The molecule has 0 saturated carbocycles. The van der Waals surface area contributed by atoms with Crippen molar-refractivity contribution in [3.8, 4) is 0 Å². The third-order valence-corrected chi connectivity index (χ3v) is 6.18. The van der Waals surface area contributed by atoms with E-state index in [4.69, 9.17) is 18.9 Å². The van der Waals surface area contributed by atoms with Gasteiger partial charge in [-0.2, -0.15) is 0 Å². The molecule has 10 nitrogen and oxygen atoms in total. The molecule has 0 radical (unpaired) electrons.